The van der Waals surface area contributed by atoms with E-state index in [4.69, 9.17) is 5.73 Å². The minimum absolute atomic E-state index is 0.105. The topological polar surface area (TPSA) is 69.7 Å². The highest BCUT2D eigenvalue weighted by Crippen LogP contribution is 2.27. The lowest BCUT2D eigenvalue weighted by Crippen LogP contribution is -2.40. The number of hydrogen-bond acceptors (Lipinski definition) is 4. The van der Waals surface area contributed by atoms with Gasteiger partial charge < -0.3 is 15.9 Å². The summed E-state index contributed by atoms with van der Waals surface area (Å²) >= 11 is 0. The Kier molecular flexibility index (Phi) is 4.66. The highest BCUT2D eigenvalue weighted by Gasteiger charge is 2.23. The number of nitrogens with two attached hydrogens (primary N) is 1. The van der Waals surface area contributed by atoms with Gasteiger partial charge in [0.1, 0.15) is 11.5 Å². The number of phenols is 2. The standard InChI is InChI=1S/C15H24N2O2/c1-2-17(13-6-4-12(16)5-7-13)10-11-3-8-14(18)9-15(11)19/h3,8-9,12-13,18-19H,2,4-7,10,16H2,1H3. The van der Waals surface area contributed by atoms with Gasteiger partial charge in [0.2, 0.25) is 0 Å². The molecule has 0 spiro atoms. The van der Waals surface area contributed by atoms with Crippen molar-refractivity contribution in [3.05, 3.63) is 23.8 Å². The Hall–Kier alpha value is -1.26. The molecule has 1 aliphatic carbocycles. The molecule has 1 aromatic carbocycles. The number of benzene rings is 1. The SMILES string of the molecule is CCN(Cc1ccc(O)cc1O)C1CCC(N)CC1. The molecule has 0 heterocycles. The third-order valence-electron chi connectivity index (χ3n) is 4.11. The molecule has 0 radical (unpaired) electrons. The van der Waals surface area contributed by atoms with Crippen LogP contribution in [0.3, 0.4) is 0 Å². The van der Waals surface area contributed by atoms with Crippen molar-refractivity contribution in [2.45, 2.75) is 51.2 Å². The first-order valence-electron chi connectivity index (χ1n) is 7.10. The summed E-state index contributed by atoms with van der Waals surface area (Å²) in [7, 11) is 0. The summed E-state index contributed by atoms with van der Waals surface area (Å²) in [5, 5.41) is 19.2. The van der Waals surface area contributed by atoms with Crippen LogP contribution in [0.25, 0.3) is 0 Å². The number of nitrogens with zero attached hydrogens (tertiary/aromatic N) is 1. The predicted octanol–water partition coefficient (Wildman–Crippen LogP) is 2.19. The highest BCUT2D eigenvalue weighted by atomic mass is 16.3. The maximum atomic E-state index is 9.87. The Morgan fingerprint density at radius 1 is 1.21 bits per heavy atom. The maximum absolute atomic E-state index is 9.87. The molecule has 1 aliphatic rings. The van der Waals surface area contributed by atoms with Gasteiger partial charge in [0.25, 0.3) is 0 Å². The molecular formula is C15H24N2O2. The highest BCUT2D eigenvalue weighted by molar-refractivity contribution is 5.38. The molecule has 4 N–H and O–H groups in total. The van der Waals surface area contributed by atoms with Crippen molar-refractivity contribution in [1.29, 1.82) is 0 Å². The Labute approximate surface area is 114 Å². The number of phenolic OH excluding ortho intramolecular Hbond substituents is 2. The fourth-order valence-corrected chi connectivity index (χ4v) is 2.87. The molecule has 0 atom stereocenters. The molecule has 0 saturated heterocycles. The Balaban J connectivity index is 2.02. The monoisotopic (exact) mass is 264 g/mol. The van der Waals surface area contributed by atoms with Gasteiger partial charge in [-0.3, -0.25) is 4.90 Å². The van der Waals surface area contributed by atoms with Gasteiger partial charge in [0.15, 0.2) is 0 Å². The van der Waals surface area contributed by atoms with Gasteiger partial charge in [-0.05, 0) is 38.3 Å². The van der Waals surface area contributed by atoms with Gasteiger partial charge in [0, 0.05) is 30.3 Å². The molecule has 19 heavy (non-hydrogen) atoms. The second kappa shape index (κ2) is 6.26. The lowest BCUT2D eigenvalue weighted by molar-refractivity contribution is 0.148. The van der Waals surface area contributed by atoms with Gasteiger partial charge in [-0.25, -0.2) is 0 Å². The fourth-order valence-electron chi connectivity index (χ4n) is 2.87. The first kappa shape index (κ1) is 14.2. The van der Waals surface area contributed by atoms with E-state index < -0.39 is 0 Å². The summed E-state index contributed by atoms with van der Waals surface area (Å²) in [4.78, 5) is 2.39. The summed E-state index contributed by atoms with van der Waals surface area (Å²) in [6.45, 7) is 3.83. The van der Waals surface area contributed by atoms with E-state index >= 15 is 0 Å². The van der Waals surface area contributed by atoms with E-state index in [0.717, 1.165) is 44.3 Å². The third kappa shape index (κ3) is 3.61. The third-order valence-corrected chi connectivity index (χ3v) is 4.11. The average Bonchev–Trinajstić information content (AvgIpc) is 2.39. The second-order valence-corrected chi connectivity index (χ2v) is 5.44. The quantitative estimate of drug-likeness (QED) is 0.779. The van der Waals surface area contributed by atoms with E-state index in [0.29, 0.717) is 12.1 Å². The Morgan fingerprint density at radius 3 is 2.47 bits per heavy atom. The fraction of sp³-hybridized carbons (Fsp3) is 0.600. The van der Waals surface area contributed by atoms with Crippen molar-refractivity contribution in [3.63, 3.8) is 0 Å². The van der Waals surface area contributed by atoms with Crippen LogP contribution in [0.2, 0.25) is 0 Å². The maximum Gasteiger partial charge on any atom is 0.123 e. The Bertz CT molecular complexity index is 415. The summed E-state index contributed by atoms with van der Waals surface area (Å²) in [6, 6.07) is 5.73. The summed E-state index contributed by atoms with van der Waals surface area (Å²) in [5.74, 6) is 0.277. The normalized spacial score (nSPS) is 23.7. The van der Waals surface area contributed by atoms with Crippen LogP contribution < -0.4 is 5.73 Å². The number of hydrogen-bond donors (Lipinski definition) is 3. The van der Waals surface area contributed by atoms with E-state index in [-0.39, 0.29) is 11.5 Å². The van der Waals surface area contributed by atoms with Crippen molar-refractivity contribution < 1.29 is 10.2 Å². The average molecular weight is 264 g/mol. The molecule has 1 saturated carbocycles. The van der Waals surface area contributed by atoms with E-state index in [1.807, 2.05) is 0 Å². The van der Waals surface area contributed by atoms with E-state index in [1.165, 1.54) is 6.07 Å². The van der Waals surface area contributed by atoms with Crippen LogP contribution >= 0.6 is 0 Å². The van der Waals surface area contributed by atoms with E-state index in [2.05, 4.69) is 11.8 Å². The van der Waals surface area contributed by atoms with Crippen LogP contribution in [0, 0.1) is 0 Å². The molecule has 0 bridgehead atoms. The van der Waals surface area contributed by atoms with E-state index in [1.54, 1.807) is 12.1 Å². The number of rotatable bonds is 4. The Morgan fingerprint density at radius 2 is 1.89 bits per heavy atom. The van der Waals surface area contributed by atoms with Gasteiger partial charge in [-0.2, -0.15) is 0 Å². The van der Waals surface area contributed by atoms with Crippen LogP contribution in [-0.2, 0) is 6.54 Å². The van der Waals surface area contributed by atoms with Gasteiger partial charge in [-0.1, -0.05) is 13.0 Å². The predicted molar refractivity (Wildman–Crippen MR) is 76.1 cm³/mol. The molecule has 1 aromatic rings. The zero-order valence-corrected chi connectivity index (χ0v) is 11.5. The molecule has 0 aromatic heterocycles. The first-order valence-corrected chi connectivity index (χ1v) is 7.10. The zero-order chi connectivity index (χ0) is 13.8. The molecule has 0 unspecified atom stereocenters. The van der Waals surface area contributed by atoms with Crippen molar-refractivity contribution >= 4 is 0 Å². The van der Waals surface area contributed by atoms with Crippen LogP contribution in [-0.4, -0.2) is 33.7 Å². The van der Waals surface area contributed by atoms with E-state index in [9.17, 15) is 10.2 Å². The minimum atomic E-state index is 0.105. The number of aromatic hydroxyl groups is 2. The minimum Gasteiger partial charge on any atom is -0.508 e. The summed E-state index contributed by atoms with van der Waals surface area (Å²) in [5.41, 5.74) is 6.82. The molecule has 4 nitrogen and oxygen atoms in total. The molecule has 106 valence electrons. The van der Waals surface area contributed by atoms with Gasteiger partial charge in [0.05, 0.1) is 0 Å². The van der Waals surface area contributed by atoms with Crippen molar-refractivity contribution in [3.8, 4) is 11.5 Å². The van der Waals surface area contributed by atoms with Crippen LogP contribution in [0.1, 0.15) is 38.2 Å². The zero-order valence-electron chi connectivity index (χ0n) is 11.5. The van der Waals surface area contributed by atoms with Crippen molar-refractivity contribution in [2.24, 2.45) is 5.73 Å². The first-order chi connectivity index (χ1) is 9.10. The molecule has 2 rings (SSSR count). The van der Waals surface area contributed by atoms with Crippen molar-refractivity contribution in [2.75, 3.05) is 6.54 Å². The van der Waals surface area contributed by atoms with Crippen LogP contribution in [0.4, 0.5) is 0 Å². The van der Waals surface area contributed by atoms with Gasteiger partial charge in [-0.15, -0.1) is 0 Å². The molecule has 0 aliphatic heterocycles. The van der Waals surface area contributed by atoms with Gasteiger partial charge >= 0.3 is 0 Å². The van der Waals surface area contributed by atoms with Crippen LogP contribution in [0.15, 0.2) is 18.2 Å². The molecule has 4 heteroatoms. The molecule has 1 fully saturated rings. The summed E-state index contributed by atoms with van der Waals surface area (Å²) < 4.78 is 0. The molecule has 0 amide bonds. The lowest BCUT2D eigenvalue weighted by atomic mass is 9.90. The summed E-state index contributed by atoms with van der Waals surface area (Å²) in [6.07, 6.45) is 4.44. The lowest BCUT2D eigenvalue weighted by Gasteiger charge is -2.35. The smallest absolute Gasteiger partial charge is 0.123 e. The largest absolute Gasteiger partial charge is 0.508 e. The van der Waals surface area contributed by atoms with Crippen LogP contribution in [0.5, 0.6) is 11.5 Å². The van der Waals surface area contributed by atoms with Crippen molar-refractivity contribution in [1.82, 2.24) is 4.90 Å². The second-order valence-electron chi connectivity index (χ2n) is 5.44. The molecular weight excluding hydrogens is 240 g/mol.